The van der Waals surface area contributed by atoms with Crippen molar-refractivity contribution in [2.45, 2.75) is 0 Å². The van der Waals surface area contributed by atoms with Crippen molar-refractivity contribution in [2.24, 2.45) is 0 Å². The number of ether oxygens (including phenoxy) is 1. The fourth-order valence-corrected chi connectivity index (χ4v) is 1.13. The molecule has 1 aromatic rings. The Morgan fingerprint density at radius 2 is 2.33 bits per heavy atom. The molecule has 0 spiro atoms. The third-order valence-electron chi connectivity index (χ3n) is 1.84. The average Bonchev–Trinajstić information content (AvgIpc) is 2.26. The van der Waals surface area contributed by atoms with Crippen LogP contribution in [0.25, 0.3) is 6.08 Å². The van der Waals surface area contributed by atoms with E-state index in [9.17, 15) is 10.1 Å². The second kappa shape index (κ2) is 5.11. The maximum absolute atomic E-state index is 10.7. The predicted octanol–water partition coefficient (Wildman–Crippen LogP) is 1.61. The molecule has 0 fully saturated rings. The van der Waals surface area contributed by atoms with E-state index < -0.39 is 4.92 Å². The molecule has 1 aromatic carbocycles. The molecule has 5 heteroatoms. The molecule has 0 radical (unpaired) electrons. The predicted molar refractivity (Wildman–Crippen MR) is 55.8 cm³/mol. The van der Waals surface area contributed by atoms with Crippen LogP contribution in [-0.4, -0.2) is 23.7 Å². The van der Waals surface area contributed by atoms with Crippen LogP contribution in [0.5, 0.6) is 5.75 Å². The van der Waals surface area contributed by atoms with E-state index in [1.165, 1.54) is 25.3 Å². The summed E-state index contributed by atoms with van der Waals surface area (Å²) in [5, 5.41) is 19.3. The van der Waals surface area contributed by atoms with E-state index >= 15 is 0 Å². The zero-order valence-electron chi connectivity index (χ0n) is 8.21. The zero-order chi connectivity index (χ0) is 11.3. The first-order valence-electron chi connectivity index (χ1n) is 4.29. The van der Waals surface area contributed by atoms with Gasteiger partial charge in [-0.25, -0.2) is 0 Å². The minimum atomic E-state index is -0.487. The molecule has 5 nitrogen and oxygen atoms in total. The van der Waals surface area contributed by atoms with Crippen LogP contribution < -0.4 is 4.74 Å². The van der Waals surface area contributed by atoms with Gasteiger partial charge < -0.3 is 9.84 Å². The standard InChI is InChI=1S/C10H11NO4/c1-15-9-5-4-8(3-2-6-12)10(7-9)11(13)14/h2-5,7,12H,6H2,1H3/b3-2-. The van der Waals surface area contributed by atoms with E-state index in [4.69, 9.17) is 9.84 Å². The molecular weight excluding hydrogens is 198 g/mol. The van der Waals surface area contributed by atoms with Gasteiger partial charge in [-0.15, -0.1) is 0 Å². The molecule has 0 atom stereocenters. The maximum Gasteiger partial charge on any atom is 0.280 e. The third kappa shape index (κ3) is 2.78. The summed E-state index contributed by atoms with van der Waals surface area (Å²) in [5.41, 5.74) is 0.397. The number of methoxy groups -OCH3 is 1. The molecule has 0 aromatic heterocycles. The number of rotatable bonds is 4. The van der Waals surface area contributed by atoms with Gasteiger partial charge in [0.05, 0.1) is 30.3 Å². The SMILES string of the molecule is COc1ccc(/C=C\CO)c([N+](=O)[O-])c1. The average molecular weight is 209 g/mol. The van der Waals surface area contributed by atoms with Crippen LogP contribution in [0.15, 0.2) is 24.3 Å². The highest BCUT2D eigenvalue weighted by Crippen LogP contribution is 2.25. The Labute approximate surface area is 86.8 Å². The number of aliphatic hydroxyl groups excluding tert-OH is 1. The fourth-order valence-electron chi connectivity index (χ4n) is 1.13. The second-order valence-corrected chi connectivity index (χ2v) is 2.77. The Kier molecular flexibility index (Phi) is 3.82. The van der Waals surface area contributed by atoms with E-state index in [0.717, 1.165) is 0 Å². The van der Waals surface area contributed by atoms with Crippen molar-refractivity contribution in [3.05, 3.63) is 40.0 Å². The Morgan fingerprint density at radius 1 is 1.60 bits per heavy atom. The van der Waals surface area contributed by atoms with Crippen LogP contribution in [0.4, 0.5) is 5.69 Å². The fraction of sp³-hybridized carbons (Fsp3) is 0.200. The molecule has 0 bridgehead atoms. The number of nitro benzene ring substituents is 1. The molecule has 0 unspecified atom stereocenters. The van der Waals surface area contributed by atoms with Crippen LogP contribution in [0.3, 0.4) is 0 Å². The topological polar surface area (TPSA) is 72.6 Å². The lowest BCUT2D eigenvalue weighted by molar-refractivity contribution is -0.385. The van der Waals surface area contributed by atoms with Crippen LogP contribution in [0.1, 0.15) is 5.56 Å². The summed E-state index contributed by atoms with van der Waals surface area (Å²) in [4.78, 5) is 10.2. The second-order valence-electron chi connectivity index (χ2n) is 2.77. The largest absolute Gasteiger partial charge is 0.497 e. The number of nitrogens with zero attached hydrogens (tertiary/aromatic N) is 1. The Bertz CT molecular complexity index is 387. The number of aliphatic hydroxyl groups is 1. The van der Waals surface area contributed by atoms with Gasteiger partial charge >= 0.3 is 0 Å². The minimum Gasteiger partial charge on any atom is -0.497 e. The first-order chi connectivity index (χ1) is 7.19. The third-order valence-corrected chi connectivity index (χ3v) is 1.84. The maximum atomic E-state index is 10.7. The van der Waals surface area contributed by atoms with Gasteiger partial charge in [-0.3, -0.25) is 10.1 Å². The lowest BCUT2D eigenvalue weighted by Gasteiger charge is -2.01. The molecule has 15 heavy (non-hydrogen) atoms. The van der Waals surface area contributed by atoms with E-state index in [-0.39, 0.29) is 12.3 Å². The van der Waals surface area contributed by atoms with Gasteiger partial charge in [0.2, 0.25) is 0 Å². The molecule has 0 amide bonds. The van der Waals surface area contributed by atoms with E-state index in [1.807, 2.05) is 0 Å². The smallest absolute Gasteiger partial charge is 0.280 e. The van der Waals surface area contributed by atoms with Crippen LogP contribution in [0, 0.1) is 10.1 Å². The number of nitro groups is 1. The summed E-state index contributed by atoms with van der Waals surface area (Å²) in [5.74, 6) is 0.433. The Morgan fingerprint density at radius 3 is 2.87 bits per heavy atom. The molecule has 0 saturated heterocycles. The first-order valence-corrected chi connectivity index (χ1v) is 4.29. The molecule has 1 N–H and O–H groups in total. The summed E-state index contributed by atoms with van der Waals surface area (Å²) in [6.07, 6.45) is 2.94. The van der Waals surface area contributed by atoms with Gasteiger partial charge in [0.1, 0.15) is 5.75 Å². The molecule has 0 heterocycles. The number of hydrogen-bond acceptors (Lipinski definition) is 4. The minimum absolute atomic E-state index is 0.0425. The van der Waals surface area contributed by atoms with E-state index in [0.29, 0.717) is 11.3 Å². The number of benzene rings is 1. The van der Waals surface area contributed by atoms with Crippen molar-refractivity contribution in [3.63, 3.8) is 0 Å². The number of hydrogen-bond donors (Lipinski definition) is 1. The van der Waals surface area contributed by atoms with Crippen LogP contribution in [0.2, 0.25) is 0 Å². The summed E-state index contributed by atoms with van der Waals surface area (Å²) < 4.78 is 4.89. The monoisotopic (exact) mass is 209 g/mol. The molecule has 0 aliphatic carbocycles. The van der Waals surface area contributed by atoms with Gasteiger partial charge in [0.25, 0.3) is 5.69 Å². The van der Waals surface area contributed by atoms with Gasteiger partial charge in [-0.1, -0.05) is 6.08 Å². The van der Waals surface area contributed by atoms with Crippen molar-refractivity contribution in [2.75, 3.05) is 13.7 Å². The van der Waals surface area contributed by atoms with Crippen LogP contribution in [-0.2, 0) is 0 Å². The van der Waals surface area contributed by atoms with E-state index in [1.54, 1.807) is 12.1 Å². The first kappa shape index (κ1) is 11.2. The van der Waals surface area contributed by atoms with Crippen molar-refractivity contribution >= 4 is 11.8 Å². The highest BCUT2D eigenvalue weighted by molar-refractivity contribution is 5.62. The molecule has 0 aliphatic rings. The summed E-state index contributed by atoms with van der Waals surface area (Å²) in [6, 6.07) is 4.55. The van der Waals surface area contributed by atoms with Crippen molar-refractivity contribution in [3.8, 4) is 5.75 Å². The Hall–Kier alpha value is -1.88. The molecule has 1 rings (SSSR count). The van der Waals surface area contributed by atoms with E-state index in [2.05, 4.69) is 0 Å². The van der Waals surface area contributed by atoms with Gasteiger partial charge in [0.15, 0.2) is 0 Å². The van der Waals surface area contributed by atoms with Gasteiger partial charge in [-0.05, 0) is 18.2 Å². The summed E-state index contributed by atoms with van der Waals surface area (Å²) >= 11 is 0. The molecule has 80 valence electrons. The summed E-state index contributed by atoms with van der Waals surface area (Å²) in [7, 11) is 1.45. The lowest BCUT2D eigenvalue weighted by atomic mass is 10.1. The molecule has 0 aliphatic heterocycles. The van der Waals surface area contributed by atoms with Gasteiger partial charge in [0, 0.05) is 0 Å². The van der Waals surface area contributed by atoms with Crippen LogP contribution >= 0.6 is 0 Å². The molecule has 0 saturated carbocycles. The Balaban J connectivity index is 3.15. The van der Waals surface area contributed by atoms with Crippen molar-refractivity contribution in [1.82, 2.24) is 0 Å². The lowest BCUT2D eigenvalue weighted by Crippen LogP contribution is -1.93. The van der Waals surface area contributed by atoms with Crippen molar-refractivity contribution < 1.29 is 14.8 Å². The van der Waals surface area contributed by atoms with Gasteiger partial charge in [-0.2, -0.15) is 0 Å². The summed E-state index contributed by atoms with van der Waals surface area (Å²) in [6.45, 7) is -0.150. The van der Waals surface area contributed by atoms with Crippen molar-refractivity contribution in [1.29, 1.82) is 0 Å². The quantitative estimate of drug-likeness (QED) is 0.604. The molecular formula is C10H11NO4. The zero-order valence-corrected chi connectivity index (χ0v) is 8.21. The highest BCUT2D eigenvalue weighted by atomic mass is 16.6. The normalized spacial score (nSPS) is 10.5. The highest BCUT2D eigenvalue weighted by Gasteiger charge is 2.12.